The van der Waals surface area contributed by atoms with Crippen molar-refractivity contribution in [2.75, 3.05) is 10.6 Å². The molecular formula is C33H34N2O2. The van der Waals surface area contributed by atoms with Crippen molar-refractivity contribution >= 4 is 23.2 Å². The summed E-state index contributed by atoms with van der Waals surface area (Å²) in [6, 6.07) is 35.8. The van der Waals surface area contributed by atoms with E-state index in [0.29, 0.717) is 0 Å². The molecule has 2 unspecified atom stereocenters. The normalized spacial score (nSPS) is 12.4. The summed E-state index contributed by atoms with van der Waals surface area (Å²) in [4.78, 5) is 25.7. The van der Waals surface area contributed by atoms with E-state index in [0.717, 1.165) is 52.9 Å². The summed E-state index contributed by atoms with van der Waals surface area (Å²) in [6.07, 6.45) is 2.26. The van der Waals surface area contributed by atoms with Crippen molar-refractivity contribution < 1.29 is 9.59 Å². The molecule has 4 aromatic carbocycles. The molecule has 4 heteroatoms. The topological polar surface area (TPSA) is 58.2 Å². The zero-order chi connectivity index (χ0) is 26.0. The van der Waals surface area contributed by atoms with Crippen LogP contribution in [-0.4, -0.2) is 11.8 Å². The number of benzene rings is 4. The molecule has 0 saturated carbocycles. The predicted octanol–water partition coefficient (Wildman–Crippen LogP) is 7.54. The maximum Gasteiger partial charge on any atom is 0.231 e. The SMILES string of the molecule is CCC(C(=O)Nc1ccc(Cc2ccc(NC(=O)C(CC)c3ccccc3)cc2)cc1)c1ccccc1. The number of anilines is 2. The summed E-state index contributed by atoms with van der Waals surface area (Å²) in [6.45, 7) is 4.06. The number of hydrogen-bond donors (Lipinski definition) is 2. The van der Waals surface area contributed by atoms with Crippen molar-refractivity contribution in [3.8, 4) is 0 Å². The molecule has 2 N–H and O–H groups in total. The van der Waals surface area contributed by atoms with Crippen LogP contribution in [0.3, 0.4) is 0 Å². The highest BCUT2D eigenvalue weighted by Gasteiger charge is 2.19. The minimum absolute atomic E-state index is 0.0108. The zero-order valence-electron chi connectivity index (χ0n) is 21.5. The van der Waals surface area contributed by atoms with Crippen LogP contribution in [0.4, 0.5) is 11.4 Å². The fourth-order valence-electron chi connectivity index (χ4n) is 4.62. The number of rotatable bonds is 10. The summed E-state index contributed by atoms with van der Waals surface area (Å²) in [7, 11) is 0. The van der Waals surface area contributed by atoms with Crippen LogP contribution in [0.15, 0.2) is 109 Å². The second-order valence-corrected chi connectivity index (χ2v) is 9.29. The third kappa shape index (κ3) is 6.95. The number of hydrogen-bond acceptors (Lipinski definition) is 2. The van der Waals surface area contributed by atoms with Gasteiger partial charge < -0.3 is 10.6 Å². The van der Waals surface area contributed by atoms with Crippen molar-refractivity contribution in [2.24, 2.45) is 0 Å². The van der Waals surface area contributed by atoms with Gasteiger partial charge in [0.1, 0.15) is 0 Å². The summed E-state index contributed by atoms with van der Waals surface area (Å²) in [5.74, 6) is -0.311. The van der Waals surface area contributed by atoms with Crippen molar-refractivity contribution in [1.29, 1.82) is 0 Å². The van der Waals surface area contributed by atoms with E-state index in [4.69, 9.17) is 0 Å². The quantitative estimate of drug-likeness (QED) is 0.241. The van der Waals surface area contributed by atoms with Crippen LogP contribution in [0.25, 0.3) is 0 Å². The van der Waals surface area contributed by atoms with E-state index in [1.165, 1.54) is 0 Å². The van der Waals surface area contributed by atoms with Gasteiger partial charge in [0.2, 0.25) is 11.8 Å². The third-order valence-corrected chi connectivity index (χ3v) is 6.70. The fraction of sp³-hybridized carbons (Fsp3) is 0.212. The molecule has 4 nitrogen and oxygen atoms in total. The Morgan fingerprint density at radius 3 is 1.22 bits per heavy atom. The molecule has 2 atom stereocenters. The standard InChI is InChI=1S/C33H34N2O2/c1-3-30(26-11-7-5-8-12-26)32(36)34-28-19-15-24(16-20-28)23-25-17-21-29(22-18-25)35-33(37)31(4-2)27-13-9-6-10-14-27/h5-22,30-31H,3-4,23H2,1-2H3,(H,34,36)(H,35,37). The Bertz CT molecular complexity index is 1180. The molecule has 0 radical (unpaired) electrons. The van der Waals surface area contributed by atoms with Crippen LogP contribution in [0.5, 0.6) is 0 Å². The van der Waals surface area contributed by atoms with Crippen LogP contribution >= 0.6 is 0 Å². The minimum Gasteiger partial charge on any atom is -0.326 e. The van der Waals surface area contributed by atoms with Crippen LogP contribution in [0.2, 0.25) is 0 Å². The molecule has 0 fully saturated rings. The van der Waals surface area contributed by atoms with Crippen LogP contribution in [-0.2, 0) is 16.0 Å². The first kappa shape index (κ1) is 25.9. The van der Waals surface area contributed by atoms with E-state index < -0.39 is 0 Å². The molecule has 2 amide bonds. The second kappa shape index (κ2) is 12.7. The molecule has 188 valence electrons. The molecule has 0 aliphatic carbocycles. The number of carbonyl (C=O) groups excluding carboxylic acids is 2. The summed E-state index contributed by atoms with van der Waals surface area (Å²) < 4.78 is 0. The van der Waals surface area contributed by atoms with Gasteiger partial charge in [-0.3, -0.25) is 9.59 Å². The summed E-state index contributed by atoms with van der Waals surface area (Å²) in [5.41, 5.74) is 5.96. The number of carbonyl (C=O) groups is 2. The van der Waals surface area contributed by atoms with Gasteiger partial charge in [-0.15, -0.1) is 0 Å². The summed E-state index contributed by atoms with van der Waals surface area (Å²) >= 11 is 0. The first-order valence-corrected chi connectivity index (χ1v) is 13.0. The van der Waals surface area contributed by atoms with E-state index in [-0.39, 0.29) is 23.7 Å². The average Bonchev–Trinajstić information content (AvgIpc) is 2.93. The van der Waals surface area contributed by atoms with E-state index in [1.807, 2.05) is 123 Å². The molecule has 4 rings (SSSR count). The number of amides is 2. The molecule has 0 aliphatic rings. The lowest BCUT2D eigenvalue weighted by Crippen LogP contribution is -2.20. The molecule has 0 aromatic heterocycles. The van der Waals surface area contributed by atoms with Gasteiger partial charge in [-0.05, 0) is 65.8 Å². The molecule has 0 aliphatic heterocycles. The van der Waals surface area contributed by atoms with Gasteiger partial charge >= 0.3 is 0 Å². The lowest BCUT2D eigenvalue weighted by Gasteiger charge is -2.16. The second-order valence-electron chi connectivity index (χ2n) is 9.29. The van der Waals surface area contributed by atoms with E-state index in [2.05, 4.69) is 10.6 Å². The molecule has 0 heterocycles. The van der Waals surface area contributed by atoms with Gasteiger partial charge in [0.25, 0.3) is 0 Å². The number of nitrogens with one attached hydrogen (secondary N) is 2. The van der Waals surface area contributed by atoms with Gasteiger partial charge in [0.15, 0.2) is 0 Å². The smallest absolute Gasteiger partial charge is 0.231 e. The lowest BCUT2D eigenvalue weighted by atomic mass is 9.95. The Morgan fingerprint density at radius 1 is 0.541 bits per heavy atom. The minimum atomic E-state index is -0.166. The van der Waals surface area contributed by atoms with Gasteiger partial charge in [-0.1, -0.05) is 98.8 Å². The lowest BCUT2D eigenvalue weighted by molar-refractivity contribution is -0.118. The Morgan fingerprint density at radius 2 is 0.892 bits per heavy atom. The van der Waals surface area contributed by atoms with Crippen molar-refractivity contribution in [1.82, 2.24) is 0 Å². The first-order valence-electron chi connectivity index (χ1n) is 13.0. The fourth-order valence-corrected chi connectivity index (χ4v) is 4.62. The highest BCUT2D eigenvalue weighted by atomic mass is 16.2. The van der Waals surface area contributed by atoms with Gasteiger partial charge in [0, 0.05) is 11.4 Å². The molecule has 37 heavy (non-hydrogen) atoms. The highest BCUT2D eigenvalue weighted by molar-refractivity contribution is 5.96. The van der Waals surface area contributed by atoms with Gasteiger partial charge in [-0.2, -0.15) is 0 Å². The molecule has 0 bridgehead atoms. The van der Waals surface area contributed by atoms with Gasteiger partial charge in [-0.25, -0.2) is 0 Å². The Labute approximate surface area is 219 Å². The van der Waals surface area contributed by atoms with Crippen molar-refractivity contribution in [3.63, 3.8) is 0 Å². The van der Waals surface area contributed by atoms with E-state index in [9.17, 15) is 9.59 Å². The highest BCUT2D eigenvalue weighted by Crippen LogP contribution is 2.24. The maximum atomic E-state index is 12.8. The largest absolute Gasteiger partial charge is 0.326 e. The van der Waals surface area contributed by atoms with Crippen LogP contribution in [0, 0.1) is 0 Å². The van der Waals surface area contributed by atoms with Crippen molar-refractivity contribution in [3.05, 3.63) is 131 Å². The molecular weight excluding hydrogens is 456 g/mol. The Balaban J connectivity index is 1.33. The summed E-state index contributed by atoms with van der Waals surface area (Å²) in [5, 5.41) is 6.11. The maximum absolute atomic E-state index is 12.8. The van der Waals surface area contributed by atoms with Crippen molar-refractivity contribution in [2.45, 2.75) is 44.9 Å². The first-order chi connectivity index (χ1) is 18.1. The molecule has 0 spiro atoms. The average molecular weight is 491 g/mol. The molecule has 0 saturated heterocycles. The van der Waals surface area contributed by atoms with Crippen LogP contribution < -0.4 is 10.6 Å². The Hall–Kier alpha value is -4.18. The molecule has 4 aromatic rings. The Kier molecular flexibility index (Phi) is 8.88. The monoisotopic (exact) mass is 490 g/mol. The zero-order valence-corrected chi connectivity index (χ0v) is 21.5. The van der Waals surface area contributed by atoms with E-state index >= 15 is 0 Å². The predicted molar refractivity (Wildman–Crippen MR) is 152 cm³/mol. The van der Waals surface area contributed by atoms with Gasteiger partial charge in [0.05, 0.1) is 11.8 Å². The van der Waals surface area contributed by atoms with E-state index in [1.54, 1.807) is 0 Å². The third-order valence-electron chi connectivity index (χ3n) is 6.70. The van der Waals surface area contributed by atoms with Crippen LogP contribution in [0.1, 0.15) is 60.8 Å².